The van der Waals surface area contributed by atoms with Gasteiger partial charge in [-0.2, -0.15) is 5.26 Å². The molecule has 0 unspecified atom stereocenters. The predicted octanol–water partition coefficient (Wildman–Crippen LogP) is 0.250. The van der Waals surface area contributed by atoms with E-state index < -0.39 is 5.54 Å². The van der Waals surface area contributed by atoms with E-state index in [0.29, 0.717) is 30.2 Å². The first-order chi connectivity index (χ1) is 8.48. The molecule has 0 saturated carbocycles. The number of nitrogens with two attached hydrogens (primary N) is 1. The molecule has 0 radical (unpaired) electrons. The highest BCUT2D eigenvalue weighted by molar-refractivity contribution is 5.91. The van der Waals surface area contributed by atoms with Crippen LogP contribution in [0.15, 0.2) is 12.3 Å². The first kappa shape index (κ1) is 12.2. The van der Waals surface area contributed by atoms with Gasteiger partial charge in [0.15, 0.2) is 5.82 Å². The molecule has 6 nitrogen and oxygen atoms in total. The minimum Gasteiger partial charge on any atom is -0.395 e. The van der Waals surface area contributed by atoms with Crippen molar-refractivity contribution in [3.8, 4) is 6.07 Å². The van der Waals surface area contributed by atoms with Crippen molar-refractivity contribution in [1.82, 2.24) is 10.3 Å². The Bertz CT molecular complexity index is 532. The standard InChI is InChI=1S/C12H15N5O/c1-12(2)11(18)16-5-6-17(12)10-9(14)8(7-13)3-4-15-10/h3-4H,5-6,14H2,1-2H3,(H,16,18). The maximum Gasteiger partial charge on any atom is 0.245 e. The van der Waals surface area contributed by atoms with Gasteiger partial charge in [-0.1, -0.05) is 0 Å². The van der Waals surface area contributed by atoms with Crippen LogP contribution in [0.5, 0.6) is 0 Å². The highest BCUT2D eigenvalue weighted by Gasteiger charge is 2.39. The van der Waals surface area contributed by atoms with Gasteiger partial charge in [0.05, 0.1) is 11.3 Å². The number of carbonyl (C=O) groups excluding carboxylic acids is 1. The van der Waals surface area contributed by atoms with E-state index in [0.717, 1.165) is 0 Å². The highest BCUT2D eigenvalue weighted by atomic mass is 16.2. The lowest BCUT2D eigenvalue weighted by molar-refractivity contribution is -0.126. The van der Waals surface area contributed by atoms with Crippen LogP contribution in [0.2, 0.25) is 0 Å². The van der Waals surface area contributed by atoms with Gasteiger partial charge in [0.25, 0.3) is 0 Å². The Kier molecular flexibility index (Phi) is 2.83. The molecule has 1 aliphatic rings. The van der Waals surface area contributed by atoms with E-state index in [1.807, 2.05) is 24.8 Å². The molecule has 1 aliphatic heterocycles. The van der Waals surface area contributed by atoms with Gasteiger partial charge < -0.3 is 16.0 Å². The molecule has 2 heterocycles. The summed E-state index contributed by atoms with van der Waals surface area (Å²) < 4.78 is 0. The van der Waals surface area contributed by atoms with Crippen LogP contribution in [0, 0.1) is 11.3 Å². The lowest BCUT2D eigenvalue weighted by Crippen LogP contribution is -2.62. The Hall–Kier alpha value is -2.29. The van der Waals surface area contributed by atoms with Crippen LogP contribution in [0.3, 0.4) is 0 Å². The summed E-state index contributed by atoms with van der Waals surface area (Å²) >= 11 is 0. The SMILES string of the molecule is CC1(C)C(=O)NCCN1c1nccc(C#N)c1N. The van der Waals surface area contributed by atoms with E-state index in [4.69, 9.17) is 11.0 Å². The average Bonchev–Trinajstić information content (AvgIpc) is 2.34. The Morgan fingerprint density at radius 2 is 2.33 bits per heavy atom. The number of nitrogens with one attached hydrogen (secondary N) is 1. The molecule has 0 aliphatic carbocycles. The second kappa shape index (κ2) is 4.18. The molecule has 2 rings (SSSR count). The summed E-state index contributed by atoms with van der Waals surface area (Å²) in [7, 11) is 0. The fourth-order valence-corrected chi connectivity index (χ4v) is 2.05. The minimum absolute atomic E-state index is 0.0719. The number of pyridine rings is 1. The third-order valence-electron chi connectivity index (χ3n) is 3.20. The third kappa shape index (κ3) is 1.74. The first-order valence-electron chi connectivity index (χ1n) is 5.69. The summed E-state index contributed by atoms with van der Waals surface area (Å²) in [5, 5.41) is 11.8. The molecule has 1 amide bonds. The molecule has 1 fully saturated rings. The van der Waals surface area contributed by atoms with Crippen LogP contribution in [0.25, 0.3) is 0 Å². The number of carbonyl (C=O) groups is 1. The number of nitrogen functional groups attached to an aromatic ring is 1. The summed E-state index contributed by atoms with van der Waals surface area (Å²) in [5.41, 5.74) is 5.90. The number of rotatable bonds is 1. The monoisotopic (exact) mass is 245 g/mol. The van der Waals surface area contributed by atoms with Gasteiger partial charge in [0.1, 0.15) is 11.6 Å². The van der Waals surface area contributed by atoms with Gasteiger partial charge in [0, 0.05) is 19.3 Å². The second-order valence-electron chi connectivity index (χ2n) is 4.67. The summed E-state index contributed by atoms with van der Waals surface area (Å²) in [6.45, 7) is 4.77. The van der Waals surface area contributed by atoms with Crippen molar-refractivity contribution < 1.29 is 4.79 Å². The average molecular weight is 245 g/mol. The van der Waals surface area contributed by atoms with Crippen molar-refractivity contribution in [2.24, 2.45) is 0 Å². The summed E-state index contributed by atoms with van der Waals surface area (Å²) in [6, 6.07) is 3.59. The number of aromatic nitrogens is 1. The maximum absolute atomic E-state index is 11.9. The minimum atomic E-state index is -0.729. The van der Waals surface area contributed by atoms with Crippen LogP contribution in [-0.4, -0.2) is 29.5 Å². The topological polar surface area (TPSA) is 95.0 Å². The zero-order valence-electron chi connectivity index (χ0n) is 10.4. The van der Waals surface area contributed by atoms with Gasteiger partial charge in [-0.25, -0.2) is 4.98 Å². The van der Waals surface area contributed by atoms with Crippen LogP contribution in [-0.2, 0) is 4.79 Å². The van der Waals surface area contributed by atoms with Crippen molar-refractivity contribution in [1.29, 1.82) is 5.26 Å². The van der Waals surface area contributed by atoms with Crippen molar-refractivity contribution in [3.05, 3.63) is 17.8 Å². The molecule has 6 heteroatoms. The smallest absolute Gasteiger partial charge is 0.245 e. The molecule has 0 spiro atoms. The third-order valence-corrected chi connectivity index (χ3v) is 3.20. The highest BCUT2D eigenvalue weighted by Crippen LogP contribution is 2.30. The molecule has 3 N–H and O–H groups in total. The number of piperazine rings is 1. The van der Waals surface area contributed by atoms with E-state index in [1.54, 1.807) is 6.07 Å². The number of hydrogen-bond donors (Lipinski definition) is 2. The van der Waals surface area contributed by atoms with E-state index in [1.165, 1.54) is 6.20 Å². The number of anilines is 2. The zero-order valence-corrected chi connectivity index (χ0v) is 10.4. The zero-order chi connectivity index (χ0) is 13.3. The Labute approximate surface area is 105 Å². The van der Waals surface area contributed by atoms with E-state index >= 15 is 0 Å². The summed E-state index contributed by atoms with van der Waals surface area (Å²) in [5.74, 6) is 0.422. The van der Waals surface area contributed by atoms with Crippen LogP contribution in [0.1, 0.15) is 19.4 Å². The quantitative estimate of drug-likeness (QED) is 0.739. The van der Waals surface area contributed by atoms with Gasteiger partial charge >= 0.3 is 0 Å². The molecule has 0 atom stereocenters. The largest absolute Gasteiger partial charge is 0.395 e. The van der Waals surface area contributed by atoms with Crippen molar-refractivity contribution in [3.63, 3.8) is 0 Å². The Morgan fingerprint density at radius 3 is 3.00 bits per heavy atom. The number of nitriles is 1. The first-order valence-corrected chi connectivity index (χ1v) is 5.69. The van der Waals surface area contributed by atoms with Crippen LogP contribution in [0.4, 0.5) is 11.5 Å². The molecule has 0 aromatic carbocycles. The molecule has 94 valence electrons. The van der Waals surface area contributed by atoms with Gasteiger partial charge in [0.2, 0.25) is 5.91 Å². The maximum atomic E-state index is 11.9. The molecule has 0 bridgehead atoms. The molecule has 1 aromatic heterocycles. The summed E-state index contributed by atoms with van der Waals surface area (Å²) in [4.78, 5) is 17.9. The molecular weight excluding hydrogens is 230 g/mol. The number of amides is 1. The fraction of sp³-hybridized carbons (Fsp3) is 0.417. The van der Waals surface area contributed by atoms with Gasteiger partial charge in [-0.3, -0.25) is 4.79 Å². The second-order valence-corrected chi connectivity index (χ2v) is 4.67. The van der Waals surface area contributed by atoms with E-state index in [-0.39, 0.29) is 5.91 Å². The Morgan fingerprint density at radius 1 is 1.61 bits per heavy atom. The van der Waals surface area contributed by atoms with Crippen LogP contribution < -0.4 is 16.0 Å². The fourth-order valence-electron chi connectivity index (χ4n) is 2.05. The van der Waals surface area contributed by atoms with E-state index in [2.05, 4.69) is 10.3 Å². The van der Waals surface area contributed by atoms with Crippen LogP contribution >= 0.6 is 0 Å². The Balaban J connectivity index is 2.49. The van der Waals surface area contributed by atoms with Crippen molar-refractivity contribution >= 4 is 17.4 Å². The normalized spacial score (nSPS) is 18.1. The molecule has 1 saturated heterocycles. The lowest BCUT2D eigenvalue weighted by Gasteiger charge is -2.42. The molecule has 1 aromatic rings. The van der Waals surface area contributed by atoms with Crippen molar-refractivity contribution in [2.45, 2.75) is 19.4 Å². The summed E-state index contributed by atoms with van der Waals surface area (Å²) in [6.07, 6.45) is 1.53. The molecule has 18 heavy (non-hydrogen) atoms. The predicted molar refractivity (Wildman–Crippen MR) is 67.8 cm³/mol. The molecular formula is C12H15N5O. The lowest BCUT2D eigenvalue weighted by atomic mass is 9.98. The van der Waals surface area contributed by atoms with Crippen molar-refractivity contribution in [2.75, 3.05) is 23.7 Å². The number of nitrogens with zero attached hydrogens (tertiary/aromatic N) is 3. The van der Waals surface area contributed by atoms with Gasteiger partial charge in [-0.15, -0.1) is 0 Å². The van der Waals surface area contributed by atoms with E-state index in [9.17, 15) is 4.79 Å². The van der Waals surface area contributed by atoms with Gasteiger partial charge in [-0.05, 0) is 19.9 Å². The number of hydrogen-bond acceptors (Lipinski definition) is 5.